The van der Waals surface area contributed by atoms with Crippen LogP contribution in [-0.4, -0.2) is 44.5 Å². The van der Waals surface area contributed by atoms with Crippen LogP contribution in [0, 0.1) is 21.7 Å². The van der Waals surface area contributed by atoms with E-state index in [4.69, 9.17) is 5.11 Å². The molecule has 1 N–H and O–H groups in total. The van der Waals surface area contributed by atoms with Crippen molar-refractivity contribution in [3.05, 3.63) is 39.4 Å². The molecular formula is C11H8F2N2O5S. The van der Waals surface area contributed by atoms with Crippen LogP contribution in [0.4, 0.5) is 14.5 Å². The zero-order valence-corrected chi connectivity index (χ0v) is 11.1. The molecule has 1 atom stereocenters. The molecule has 112 valence electrons. The molecule has 7 nitrogen and oxygen atoms in total. The van der Waals surface area contributed by atoms with Crippen molar-refractivity contribution in [2.75, 3.05) is 11.6 Å². The maximum Gasteiger partial charge on any atom is 0.327 e. The number of hydrogen-bond donors (Lipinski definition) is 1. The van der Waals surface area contributed by atoms with E-state index in [9.17, 15) is 28.5 Å². The van der Waals surface area contributed by atoms with Gasteiger partial charge in [-0.15, -0.1) is 11.8 Å². The molecule has 0 saturated carbocycles. The second kappa shape index (κ2) is 5.64. The zero-order chi connectivity index (χ0) is 15.7. The maximum atomic E-state index is 13.9. The van der Waals surface area contributed by atoms with Crippen molar-refractivity contribution in [2.24, 2.45) is 0 Å². The highest BCUT2D eigenvalue weighted by Gasteiger charge is 2.37. The van der Waals surface area contributed by atoms with E-state index in [1.807, 2.05) is 0 Å². The molecule has 0 aromatic heterocycles. The molecule has 1 aromatic rings. The number of nitro groups is 1. The van der Waals surface area contributed by atoms with Crippen molar-refractivity contribution in [2.45, 2.75) is 6.04 Å². The number of aliphatic carboxylic acids is 1. The normalized spacial score (nSPS) is 17.8. The number of carbonyl (C=O) groups excluding carboxylic acids is 1. The average molecular weight is 318 g/mol. The number of halogens is 2. The van der Waals surface area contributed by atoms with Crippen molar-refractivity contribution >= 4 is 29.3 Å². The van der Waals surface area contributed by atoms with Gasteiger partial charge in [0, 0.05) is 5.75 Å². The van der Waals surface area contributed by atoms with E-state index in [-0.39, 0.29) is 11.6 Å². The minimum absolute atomic E-state index is 0.0143. The van der Waals surface area contributed by atoms with Crippen molar-refractivity contribution in [1.29, 1.82) is 0 Å². The second-order valence-electron chi connectivity index (χ2n) is 4.17. The number of amides is 1. The lowest BCUT2D eigenvalue weighted by Gasteiger charge is -2.20. The topological polar surface area (TPSA) is 101 Å². The molecule has 0 radical (unpaired) electrons. The highest BCUT2D eigenvalue weighted by molar-refractivity contribution is 7.99. The summed E-state index contributed by atoms with van der Waals surface area (Å²) in [6, 6.07) is -0.296. The molecule has 1 unspecified atom stereocenters. The first-order chi connectivity index (χ1) is 9.82. The number of carboxylic acids is 1. The van der Waals surface area contributed by atoms with E-state index in [1.54, 1.807) is 0 Å². The Labute approximate surface area is 120 Å². The Morgan fingerprint density at radius 3 is 2.67 bits per heavy atom. The third-order valence-corrected chi connectivity index (χ3v) is 3.89. The summed E-state index contributed by atoms with van der Waals surface area (Å²) in [5, 5.41) is 19.6. The van der Waals surface area contributed by atoms with Crippen molar-refractivity contribution < 1.29 is 28.4 Å². The Hall–Kier alpha value is -2.23. The van der Waals surface area contributed by atoms with Crippen LogP contribution in [0.5, 0.6) is 0 Å². The molecule has 1 fully saturated rings. The molecule has 1 heterocycles. The van der Waals surface area contributed by atoms with Crippen molar-refractivity contribution in [3.8, 4) is 0 Å². The molecule has 0 aliphatic carbocycles. The van der Waals surface area contributed by atoms with Gasteiger partial charge in [0.2, 0.25) is 5.82 Å². The lowest BCUT2D eigenvalue weighted by molar-refractivity contribution is -0.387. The van der Waals surface area contributed by atoms with E-state index in [1.165, 1.54) is 0 Å². The molecule has 1 aromatic carbocycles. The number of thioether (sulfide) groups is 1. The van der Waals surface area contributed by atoms with Gasteiger partial charge >= 0.3 is 11.7 Å². The molecule has 1 saturated heterocycles. The minimum Gasteiger partial charge on any atom is -0.480 e. The highest BCUT2D eigenvalue weighted by Crippen LogP contribution is 2.28. The summed E-state index contributed by atoms with van der Waals surface area (Å²) in [6.45, 7) is 0. The van der Waals surface area contributed by atoms with Crippen LogP contribution in [0.1, 0.15) is 10.4 Å². The first kappa shape index (κ1) is 15.2. The van der Waals surface area contributed by atoms with Gasteiger partial charge in [0.25, 0.3) is 5.91 Å². The predicted molar refractivity (Wildman–Crippen MR) is 67.9 cm³/mol. The average Bonchev–Trinajstić information content (AvgIpc) is 2.89. The van der Waals surface area contributed by atoms with Gasteiger partial charge in [-0.3, -0.25) is 14.9 Å². The Kier molecular flexibility index (Phi) is 4.07. The Bertz CT molecular complexity index is 639. The van der Waals surface area contributed by atoms with E-state index in [2.05, 4.69) is 0 Å². The van der Waals surface area contributed by atoms with Gasteiger partial charge in [0.15, 0.2) is 0 Å². The number of nitrogens with zero attached hydrogens (tertiary/aromatic N) is 2. The lowest BCUT2D eigenvalue weighted by atomic mass is 10.1. The standard InChI is InChI=1S/C11H8F2N2O5S/c12-5-1-6(9(13)7(2-5)15(19)20)10(16)14-4-21-3-8(14)11(17)18/h1-2,8H,3-4H2,(H,17,18). The third kappa shape index (κ3) is 2.79. The number of carboxylic acid groups (broad SMARTS) is 1. The maximum absolute atomic E-state index is 13.9. The van der Waals surface area contributed by atoms with Crippen LogP contribution in [0.15, 0.2) is 12.1 Å². The van der Waals surface area contributed by atoms with Crippen molar-refractivity contribution in [3.63, 3.8) is 0 Å². The largest absolute Gasteiger partial charge is 0.480 e. The summed E-state index contributed by atoms with van der Waals surface area (Å²) in [5.41, 5.74) is -2.02. The summed E-state index contributed by atoms with van der Waals surface area (Å²) in [6.07, 6.45) is 0. The first-order valence-electron chi connectivity index (χ1n) is 5.58. The number of rotatable bonds is 3. The Morgan fingerprint density at radius 1 is 1.43 bits per heavy atom. The van der Waals surface area contributed by atoms with Gasteiger partial charge in [-0.05, 0) is 6.07 Å². The molecular weight excluding hydrogens is 310 g/mol. The molecule has 1 aliphatic rings. The first-order valence-corrected chi connectivity index (χ1v) is 6.73. The fourth-order valence-corrected chi connectivity index (χ4v) is 3.01. The minimum atomic E-state index is -1.48. The van der Waals surface area contributed by atoms with Gasteiger partial charge in [0.1, 0.15) is 11.9 Å². The number of nitro benzene ring substituents is 1. The SMILES string of the molecule is O=C(O)C1CSCN1C(=O)c1cc(F)cc([N+](=O)[O-])c1F. The van der Waals surface area contributed by atoms with E-state index in [0.29, 0.717) is 12.1 Å². The van der Waals surface area contributed by atoms with E-state index < -0.39 is 45.7 Å². The third-order valence-electron chi connectivity index (χ3n) is 2.87. The highest BCUT2D eigenvalue weighted by atomic mass is 32.2. The van der Waals surface area contributed by atoms with E-state index in [0.717, 1.165) is 16.7 Å². The smallest absolute Gasteiger partial charge is 0.327 e. The number of hydrogen-bond acceptors (Lipinski definition) is 5. The van der Waals surface area contributed by atoms with E-state index >= 15 is 0 Å². The van der Waals surface area contributed by atoms with Gasteiger partial charge in [0.05, 0.1) is 22.4 Å². The van der Waals surface area contributed by atoms with Gasteiger partial charge in [-0.2, -0.15) is 4.39 Å². The molecule has 0 bridgehead atoms. The van der Waals surface area contributed by atoms with Gasteiger partial charge < -0.3 is 10.0 Å². The van der Waals surface area contributed by atoms with Crippen LogP contribution < -0.4 is 0 Å². The zero-order valence-electron chi connectivity index (χ0n) is 10.3. The van der Waals surface area contributed by atoms with Crippen molar-refractivity contribution in [1.82, 2.24) is 4.90 Å². The summed E-state index contributed by atoms with van der Waals surface area (Å²) in [7, 11) is 0. The summed E-state index contributed by atoms with van der Waals surface area (Å²) in [4.78, 5) is 33.4. The summed E-state index contributed by atoms with van der Waals surface area (Å²) in [5.74, 6) is -4.90. The number of benzene rings is 1. The fourth-order valence-electron chi connectivity index (χ4n) is 1.87. The molecule has 1 amide bonds. The quantitative estimate of drug-likeness (QED) is 0.669. The monoisotopic (exact) mass is 318 g/mol. The number of carbonyl (C=O) groups is 2. The van der Waals surface area contributed by atoms with Crippen LogP contribution in [0.2, 0.25) is 0 Å². The Morgan fingerprint density at radius 2 is 2.10 bits per heavy atom. The fraction of sp³-hybridized carbons (Fsp3) is 0.273. The molecule has 1 aliphatic heterocycles. The van der Waals surface area contributed by atoms with Crippen LogP contribution in [0.3, 0.4) is 0 Å². The van der Waals surface area contributed by atoms with Crippen LogP contribution in [0.25, 0.3) is 0 Å². The molecule has 10 heteroatoms. The molecule has 0 spiro atoms. The molecule has 21 heavy (non-hydrogen) atoms. The van der Waals surface area contributed by atoms with Crippen LogP contribution in [-0.2, 0) is 4.79 Å². The lowest BCUT2D eigenvalue weighted by Crippen LogP contribution is -2.42. The summed E-state index contributed by atoms with van der Waals surface area (Å²) >= 11 is 1.14. The molecule has 2 rings (SSSR count). The van der Waals surface area contributed by atoms with Gasteiger partial charge in [-0.1, -0.05) is 0 Å². The Balaban J connectivity index is 2.44. The van der Waals surface area contributed by atoms with Crippen LogP contribution >= 0.6 is 11.8 Å². The summed E-state index contributed by atoms with van der Waals surface area (Å²) < 4.78 is 27.2. The predicted octanol–water partition coefficient (Wildman–Crippen LogP) is 1.47. The van der Waals surface area contributed by atoms with Gasteiger partial charge in [-0.25, -0.2) is 9.18 Å². The second-order valence-corrected chi connectivity index (χ2v) is 5.17.